The normalized spacial score (nSPS) is 21.2. The molecule has 0 bridgehead atoms. The summed E-state index contributed by atoms with van der Waals surface area (Å²) in [6, 6.07) is -0.0156. The fraction of sp³-hybridized carbons (Fsp3) is 0.882. The van der Waals surface area contributed by atoms with Gasteiger partial charge in [-0.2, -0.15) is 0 Å². The first-order chi connectivity index (χ1) is 11.7. The molecule has 7 nitrogen and oxygen atoms in total. The first kappa shape index (κ1) is 19.0. The zero-order chi connectivity index (χ0) is 17.4. The third-order valence-corrected chi connectivity index (χ3v) is 4.88. The van der Waals surface area contributed by atoms with Crippen molar-refractivity contribution in [1.29, 1.82) is 0 Å². The smallest absolute Gasteiger partial charge is 0.239 e. The Balaban J connectivity index is 1.76. The van der Waals surface area contributed by atoms with Gasteiger partial charge in [-0.05, 0) is 26.7 Å². The van der Waals surface area contributed by atoms with E-state index in [1.807, 2.05) is 25.8 Å². The Bertz CT molecular complexity index is 415. The Morgan fingerprint density at radius 2 is 1.79 bits per heavy atom. The van der Waals surface area contributed by atoms with Crippen molar-refractivity contribution < 1.29 is 9.53 Å². The lowest BCUT2D eigenvalue weighted by atomic mass is 10.2. The fourth-order valence-corrected chi connectivity index (χ4v) is 3.39. The molecule has 2 aliphatic heterocycles. The summed E-state index contributed by atoms with van der Waals surface area (Å²) in [6.07, 6.45) is 2.30. The van der Waals surface area contributed by atoms with Crippen LogP contribution in [0.4, 0.5) is 0 Å². The molecule has 24 heavy (non-hydrogen) atoms. The Labute approximate surface area is 146 Å². The van der Waals surface area contributed by atoms with Crippen molar-refractivity contribution in [2.24, 2.45) is 4.99 Å². The summed E-state index contributed by atoms with van der Waals surface area (Å²) in [5, 5.41) is 3.34. The monoisotopic (exact) mass is 339 g/mol. The van der Waals surface area contributed by atoms with Crippen LogP contribution < -0.4 is 5.32 Å². The molecule has 2 heterocycles. The number of nitrogens with zero attached hydrogens (tertiary/aromatic N) is 4. The summed E-state index contributed by atoms with van der Waals surface area (Å²) in [7, 11) is 1.81. The average Bonchev–Trinajstić information content (AvgIpc) is 3.15. The van der Waals surface area contributed by atoms with E-state index in [2.05, 4.69) is 20.1 Å². The van der Waals surface area contributed by atoms with Crippen molar-refractivity contribution in [1.82, 2.24) is 20.0 Å². The van der Waals surface area contributed by atoms with Crippen LogP contribution in [0.15, 0.2) is 4.99 Å². The highest BCUT2D eigenvalue weighted by atomic mass is 16.5. The third kappa shape index (κ3) is 5.08. The van der Waals surface area contributed by atoms with Crippen molar-refractivity contribution in [3.8, 4) is 0 Å². The number of guanidine groups is 1. The second-order valence-electron chi connectivity index (χ2n) is 6.40. The van der Waals surface area contributed by atoms with E-state index in [0.29, 0.717) is 12.5 Å². The zero-order valence-electron chi connectivity index (χ0n) is 15.5. The van der Waals surface area contributed by atoms with Crippen molar-refractivity contribution in [3.05, 3.63) is 0 Å². The summed E-state index contributed by atoms with van der Waals surface area (Å²) < 4.78 is 5.35. The molecule has 1 amide bonds. The Kier molecular flexibility index (Phi) is 7.78. The lowest BCUT2D eigenvalue weighted by Gasteiger charge is -2.39. The van der Waals surface area contributed by atoms with E-state index in [1.165, 1.54) is 0 Å². The molecule has 0 aromatic rings. The van der Waals surface area contributed by atoms with E-state index in [0.717, 1.165) is 71.2 Å². The molecule has 138 valence electrons. The lowest BCUT2D eigenvalue weighted by molar-refractivity contribution is -0.135. The van der Waals surface area contributed by atoms with Crippen LogP contribution in [0.3, 0.4) is 0 Å². The van der Waals surface area contributed by atoms with E-state index >= 15 is 0 Å². The van der Waals surface area contributed by atoms with Gasteiger partial charge in [-0.1, -0.05) is 0 Å². The van der Waals surface area contributed by atoms with Gasteiger partial charge in [0.15, 0.2) is 5.96 Å². The molecule has 0 radical (unpaired) electrons. The lowest BCUT2D eigenvalue weighted by Crippen LogP contribution is -2.57. The second-order valence-corrected chi connectivity index (χ2v) is 6.40. The Hall–Kier alpha value is -1.34. The van der Waals surface area contributed by atoms with Crippen LogP contribution in [-0.4, -0.2) is 98.7 Å². The van der Waals surface area contributed by atoms with Crippen molar-refractivity contribution >= 4 is 11.9 Å². The molecule has 2 aliphatic rings. The Morgan fingerprint density at radius 1 is 1.12 bits per heavy atom. The van der Waals surface area contributed by atoms with Gasteiger partial charge in [-0.3, -0.25) is 14.7 Å². The standard InChI is InChI=1S/C17H33N5O2/c1-4-24-14-7-19-17(18-3)22-12-10-20(11-13-22)15(2)16(23)21-8-5-6-9-21/h15H,4-14H2,1-3H3,(H,18,19). The molecule has 2 saturated heterocycles. The number of amides is 1. The maximum absolute atomic E-state index is 12.5. The minimum Gasteiger partial charge on any atom is -0.380 e. The summed E-state index contributed by atoms with van der Waals surface area (Å²) in [4.78, 5) is 23.5. The van der Waals surface area contributed by atoms with Crippen LogP contribution in [0.1, 0.15) is 26.7 Å². The minimum absolute atomic E-state index is 0.0156. The van der Waals surface area contributed by atoms with Gasteiger partial charge in [-0.15, -0.1) is 0 Å². The number of hydrogen-bond acceptors (Lipinski definition) is 4. The number of carbonyl (C=O) groups is 1. The molecule has 2 fully saturated rings. The predicted molar refractivity (Wildman–Crippen MR) is 96.3 cm³/mol. The van der Waals surface area contributed by atoms with Crippen LogP contribution in [0, 0.1) is 0 Å². The van der Waals surface area contributed by atoms with E-state index in [-0.39, 0.29) is 6.04 Å². The third-order valence-electron chi connectivity index (χ3n) is 4.88. The van der Waals surface area contributed by atoms with E-state index < -0.39 is 0 Å². The minimum atomic E-state index is -0.0156. The van der Waals surface area contributed by atoms with Gasteiger partial charge < -0.3 is 19.9 Å². The number of ether oxygens (including phenoxy) is 1. The number of aliphatic imine (C=N–C) groups is 1. The topological polar surface area (TPSA) is 60.4 Å². The summed E-state index contributed by atoms with van der Waals surface area (Å²) in [5.41, 5.74) is 0. The molecule has 1 atom stereocenters. The molecule has 0 spiro atoms. The van der Waals surface area contributed by atoms with Crippen molar-refractivity contribution in [2.45, 2.75) is 32.7 Å². The number of piperazine rings is 1. The maximum atomic E-state index is 12.5. The van der Waals surface area contributed by atoms with Gasteiger partial charge in [0, 0.05) is 59.5 Å². The van der Waals surface area contributed by atoms with Crippen LogP contribution in [0.25, 0.3) is 0 Å². The molecule has 7 heteroatoms. The molecule has 1 unspecified atom stereocenters. The molecule has 0 aromatic carbocycles. The maximum Gasteiger partial charge on any atom is 0.239 e. The first-order valence-corrected chi connectivity index (χ1v) is 9.23. The summed E-state index contributed by atoms with van der Waals surface area (Å²) in [6.45, 7) is 11.7. The largest absolute Gasteiger partial charge is 0.380 e. The number of likely N-dealkylation sites (tertiary alicyclic amines) is 1. The van der Waals surface area contributed by atoms with Gasteiger partial charge >= 0.3 is 0 Å². The van der Waals surface area contributed by atoms with Crippen LogP contribution >= 0.6 is 0 Å². The SMILES string of the molecule is CCOCCNC(=NC)N1CCN(C(C)C(=O)N2CCCC2)CC1. The van der Waals surface area contributed by atoms with Gasteiger partial charge in [0.25, 0.3) is 0 Å². The first-order valence-electron chi connectivity index (χ1n) is 9.23. The molecule has 1 N–H and O–H groups in total. The fourth-order valence-electron chi connectivity index (χ4n) is 3.39. The van der Waals surface area contributed by atoms with Gasteiger partial charge in [-0.25, -0.2) is 0 Å². The highest BCUT2D eigenvalue weighted by Gasteiger charge is 2.30. The van der Waals surface area contributed by atoms with Crippen molar-refractivity contribution in [3.63, 3.8) is 0 Å². The highest BCUT2D eigenvalue weighted by molar-refractivity contribution is 5.82. The molecular formula is C17H33N5O2. The quantitative estimate of drug-likeness (QED) is 0.426. The van der Waals surface area contributed by atoms with Gasteiger partial charge in [0.1, 0.15) is 0 Å². The number of nitrogens with one attached hydrogen (secondary N) is 1. The molecule has 0 aliphatic carbocycles. The summed E-state index contributed by atoms with van der Waals surface area (Å²) >= 11 is 0. The highest BCUT2D eigenvalue weighted by Crippen LogP contribution is 2.13. The van der Waals surface area contributed by atoms with Gasteiger partial charge in [0.2, 0.25) is 5.91 Å². The van der Waals surface area contributed by atoms with E-state index in [4.69, 9.17) is 4.74 Å². The predicted octanol–water partition coefficient (Wildman–Crippen LogP) is 0.227. The Morgan fingerprint density at radius 3 is 2.38 bits per heavy atom. The van der Waals surface area contributed by atoms with Gasteiger partial charge in [0.05, 0.1) is 12.6 Å². The number of rotatable bonds is 6. The summed E-state index contributed by atoms with van der Waals surface area (Å²) in [5.74, 6) is 1.22. The van der Waals surface area contributed by atoms with E-state index in [9.17, 15) is 4.79 Å². The zero-order valence-corrected chi connectivity index (χ0v) is 15.5. The molecular weight excluding hydrogens is 306 g/mol. The van der Waals surface area contributed by atoms with Crippen LogP contribution in [0.2, 0.25) is 0 Å². The average molecular weight is 339 g/mol. The molecule has 0 aromatic heterocycles. The molecule has 2 rings (SSSR count). The second kappa shape index (κ2) is 9.84. The number of carbonyl (C=O) groups excluding carboxylic acids is 1. The van der Waals surface area contributed by atoms with Crippen LogP contribution in [0.5, 0.6) is 0 Å². The van der Waals surface area contributed by atoms with Crippen molar-refractivity contribution in [2.75, 3.05) is 66.1 Å². The molecule has 0 saturated carbocycles. The number of hydrogen-bond donors (Lipinski definition) is 1. The van der Waals surface area contributed by atoms with Crippen LogP contribution in [-0.2, 0) is 9.53 Å². The van der Waals surface area contributed by atoms with E-state index in [1.54, 1.807) is 0 Å².